The van der Waals surface area contributed by atoms with Crippen LogP contribution in [0.1, 0.15) is 382 Å². The highest BCUT2D eigenvalue weighted by atomic mass is 31.2. The monoisotopic (exact) mass is 1430 g/mol. The molecule has 0 amide bonds. The van der Waals surface area contributed by atoms with Crippen molar-refractivity contribution in [2.24, 2.45) is 17.8 Å². The third-order valence-corrected chi connectivity index (χ3v) is 19.7. The molecular weight excluding hydrogens is 1280 g/mol. The normalized spacial score (nSPS) is 14.2. The van der Waals surface area contributed by atoms with Crippen LogP contribution in [-0.4, -0.2) is 96.7 Å². The molecule has 98 heavy (non-hydrogen) atoms. The van der Waals surface area contributed by atoms with Crippen molar-refractivity contribution in [3.8, 4) is 0 Å². The first-order valence-corrected chi connectivity index (χ1v) is 43.2. The number of phosphoric acid groups is 2. The standard InChI is InChI=1S/C79H150O17P2/c1-8-9-10-11-12-13-14-15-20-24-27-33-38-46-53-60-76(81)89-66-74(95-79(84)63-56-49-40-35-30-29-32-37-44-51-58-71(4)5)68-93-97(85,86)91-64-73(80)65-92-98(87,88)94-69-75(67-90-77(82)61-54-47-42-41-45-52-59-72(6)7)96-78(83)62-55-48-39-34-28-25-22-19-17-16-18-21-23-26-31-36-43-50-57-70(2)3/h13-15,20,70-75,80H,8-12,16-19,21-69H2,1-7H3,(H,85,86)(H,87,88)/b14-13-,20-15-/t73?,74-,75-/m1/s1. The Labute approximate surface area is 599 Å². The van der Waals surface area contributed by atoms with E-state index in [2.05, 4.69) is 72.8 Å². The van der Waals surface area contributed by atoms with Gasteiger partial charge in [-0.1, -0.05) is 330 Å². The summed E-state index contributed by atoms with van der Waals surface area (Å²) in [6, 6.07) is 0. The highest BCUT2D eigenvalue weighted by Crippen LogP contribution is 2.45. The van der Waals surface area contributed by atoms with Crippen molar-refractivity contribution in [1.82, 2.24) is 0 Å². The molecule has 0 bridgehead atoms. The Morgan fingerprint density at radius 2 is 0.551 bits per heavy atom. The topological polar surface area (TPSA) is 237 Å². The van der Waals surface area contributed by atoms with Gasteiger partial charge >= 0.3 is 39.5 Å². The Morgan fingerprint density at radius 3 is 0.827 bits per heavy atom. The molecule has 3 N–H and O–H groups in total. The summed E-state index contributed by atoms with van der Waals surface area (Å²) in [5.74, 6) is 0.0985. The molecule has 3 unspecified atom stereocenters. The second kappa shape index (κ2) is 68.9. The lowest BCUT2D eigenvalue weighted by atomic mass is 10.0. The van der Waals surface area contributed by atoms with E-state index in [1.165, 1.54) is 167 Å². The Hall–Kier alpha value is -2.46. The maximum atomic E-state index is 13.1. The molecule has 0 radical (unpaired) electrons. The first kappa shape index (κ1) is 95.5. The van der Waals surface area contributed by atoms with Gasteiger partial charge in [-0.15, -0.1) is 0 Å². The molecule has 0 aromatic heterocycles. The average Bonchev–Trinajstić information content (AvgIpc) is 0.942. The van der Waals surface area contributed by atoms with E-state index in [1.807, 2.05) is 0 Å². The Kier molecular flexibility index (Phi) is 67.2. The summed E-state index contributed by atoms with van der Waals surface area (Å²) < 4.78 is 68.5. The minimum absolute atomic E-state index is 0.0988. The summed E-state index contributed by atoms with van der Waals surface area (Å²) in [6.45, 7) is 11.8. The lowest BCUT2D eigenvalue weighted by Crippen LogP contribution is -2.30. The molecule has 5 atom stereocenters. The number of aliphatic hydroxyl groups is 1. The molecule has 19 heteroatoms. The van der Waals surface area contributed by atoms with E-state index < -0.39 is 97.5 Å². The maximum absolute atomic E-state index is 13.1. The molecule has 0 spiro atoms. The summed E-state index contributed by atoms with van der Waals surface area (Å²) >= 11 is 0. The summed E-state index contributed by atoms with van der Waals surface area (Å²) in [4.78, 5) is 72.8. The van der Waals surface area contributed by atoms with E-state index in [0.29, 0.717) is 31.6 Å². The Morgan fingerprint density at radius 1 is 0.316 bits per heavy atom. The van der Waals surface area contributed by atoms with Crippen LogP contribution in [0.2, 0.25) is 0 Å². The van der Waals surface area contributed by atoms with Crippen LogP contribution in [0.4, 0.5) is 0 Å². The molecule has 0 fully saturated rings. The van der Waals surface area contributed by atoms with Gasteiger partial charge in [0, 0.05) is 25.7 Å². The van der Waals surface area contributed by atoms with E-state index in [4.69, 9.17) is 37.0 Å². The van der Waals surface area contributed by atoms with Gasteiger partial charge in [0.1, 0.15) is 19.3 Å². The largest absolute Gasteiger partial charge is 0.472 e. The molecule has 0 aromatic carbocycles. The second-order valence-corrected chi connectivity index (χ2v) is 32.1. The molecule has 0 heterocycles. The van der Waals surface area contributed by atoms with Crippen molar-refractivity contribution in [2.75, 3.05) is 39.6 Å². The van der Waals surface area contributed by atoms with E-state index in [-0.39, 0.29) is 25.7 Å². The molecular formula is C79H150O17P2. The van der Waals surface area contributed by atoms with E-state index >= 15 is 0 Å². The zero-order valence-corrected chi connectivity index (χ0v) is 65.5. The first-order chi connectivity index (χ1) is 47.2. The van der Waals surface area contributed by atoms with Crippen molar-refractivity contribution in [1.29, 1.82) is 0 Å². The number of carbonyl (C=O) groups excluding carboxylic acids is 4. The molecule has 0 aliphatic carbocycles. The van der Waals surface area contributed by atoms with Crippen LogP contribution in [0.15, 0.2) is 24.3 Å². The van der Waals surface area contributed by atoms with Gasteiger partial charge in [0.05, 0.1) is 26.4 Å². The number of aliphatic hydroxyl groups excluding tert-OH is 1. The number of rotatable bonds is 75. The summed E-state index contributed by atoms with van der Waals surface area (Å²) in [5.41, 5.74) is 0. The minimum atomic E-state index is -4.97. The number of phosphoric ester groups is 2. The van der Waals surface area contributed by atoms with Crippen molar-refractivity contribution in [3.63, 3.8) is 0 Å². The molecule has 0 rings (SSSR count). The molecule has 0 aromatic rings. The molecule has 0 aliphatic rings. The fraction of sp³-hybridized carbons (Fsp3) is 0.899. The van der Waals surface area contributed by atoms with Crippen LogP contribution < -0.4 is 0 Å². The van der Waals surface area contributed by atoms with Gasteiger partial charge in [-0.05, 0) is 69.1 Å². The van der Waals surface area contributed by atoms with Crippen LogP contribution in [0, 0.1) is 17.8 Å². The number of carbonyl (C=O) groups is 4. The maximum Gasteiger partial charge on any atom is 0.472 e. The number of esters is 4. The van der Waals surface area contributed by atoms with Gasteiger partial charge in [0.15, 0.2) is 12.2 Å². The van der Waals surface area contributed by atoms with E-state index in [1.54, 1.807) is 0 Å². The van der Waals surface area contributed by atoms with Gasteiger partial charge in [0.2, 0.25) is 0 Å². The van der Waals surface area contributed by atoms with Gasteiger partial charge in [-0.25, -0.2) is 9.13 Å². The fourth-order valence-corrected chi connectivity index (χ4v) is 13.2. The van der Waals surface area contributed by atoms with E-state index in [0.717, 1.165) is 127 Å². The quantitative estimate of drug-likeness (QED) is 0.0169. The summed E-state index contributed by atoms with van der Waals surface area (Å²) in [5, 5.41) is 10.6. The fourth-order valence-electron chi connectivity index (χ4n) is 11.6. The average molecular weight is 1430 g/mol. The third kappa shape index (κ3) is 71.9. The van der Waals surface area contributed by atoms with Crippen molar-refractivity contribution >= 4 is 39.5 Å². The molecule has 0 aliphatic heterocycles. The van der Waals surface area contributed by atoms with Crippen LogP contribution in [0.5, 0.6) is 0 Å². The lowest BCUT2D eigenvalue weighted by molar-refractivity contribution is -0.161. The highest BCUT2D eigenvalue weighted by molar-refractivity contribution is 7.47. The van der Waals surface area contributed by atoms with Gasteiger partial charge < -0.3 is 33.8 Å². The van der Waals surface area contributed by atoms with Crippen molar-refractivity contribution in [2.45, 2.75) is 401 Å². The van der Waals surface area contributed by atoms with Crippen LogP contribution >= 0.6 is 15.6 Å². The minimum Gasteiger partial charge on any atom is -0.462 e. The van der Waals surface area contributed by atoms with Gasteiger partial charge in [-0.3, -0.25) is 37.3 Å². The number of ether oxygens (including phenoxy) is 4. The number of hydrogen-bond donors (Lipinski definition) is 3. The predicted molar refractivity (Wildman–Crippen MR) is 400 cm³/mol. The lowest BCUT2D eigenvalue weighted by Gasteiger charge is -2.21. The van der Waals surface area contributed by atoms with Gasteiger partial charge in [0.25, 0.3) is 0 Å². The van der Waals surface area contributed by atoms with Crippen molar-refractivity contribution < 1.29 is 80.2 Å². The van der Waals surface area contributed by atoms with Crippen LogP contribution in [0.3, 0.4) is 0 Å². The molecule has 17 nitrogen and oxygen atoms in total. The third-order valence-electron chi connectivity index (χ3n) is 17.8. The van der Waals surface area contributed by atoms with Crippen LogP contribution in [-0.2, 0) is 65.4 Å². The summed E-state index contributed by atoms with van der Waals surface area (Å²) in [7, 11) is -9.93. The number of hydrogen-bond acceptors (Lipinski definition) is 15. The molecule has 0 saturated carbocycles. The smallest absolute Gasteiger partial charge is 0.462 e. The van der Waals surface area contributed by atoms with Crippen molar-refractivity contribution in [3.05, 3.63) is 24.3 Å². The Balaban J connectivity index is 5.21. The van der Waals surface area contributed by atoms with Crippen LogP contribution in [0.25, 0.3) is 0 Å². The highest BCUT2D eigenvalue weighted by Gasteiger charge is 2.30. The SMILES string of the molecule is CCCCCC/C=C\C=C/CCCCCCCC(=O)OC[C@H](COP(=O)(O)OCC(O)COP(=O)(O)OC[C@@H](COC(=O)CCCCCCCCC(C)C)OC(=O)CCCCCCCCCCCCCCCCCCCCC(C)C)OC(=O)CCCCCCCCCCCCC(C)C. The first-order valence-electron chi connectivity index (χ1n) is 40.2. The van der Waals surface area contributed by atoms with E-state index in [9.17, 15) is 43.2 Å². The second-order valence-electron chi connectivity index (χ2n) is 29.2. The molecule has 0 saturated heterocycles. The number of unbranched alkanes of at least 4 members (excludes halogenated alkanes) is 40. The van der Waals surface area contributed by atoms with Gasteiger partial charge in [-0.2, -0.15) is 0 Å². The zero-order chi connectivity index (χ0) is 72.3. The summed E-state index contributed by atoms with van der Waals surface area (Å²) in [6.07, 6.45) is 59.3. The molecule has 578 valence electrons. The number of allylic oxidation sites excluding steroid dienone is 4. The zero-order valence-electron chi connectivity index (χ0n) is 63.7. The Bertz CT molecular complexity index is 2000. The predicted octanol–water partition coefficient (Wildman–Crippen LogP) is 22.9.